The van der Waals surface area contributed by atoms with E-state index < -0.39 is 0 Å². The van der Waals surface area contributed by atoms with E-state index in [1.54, 1.807) is 6.26 Å². The van der Waals surface area contributed by atoms with Crippen molar-refractivity contribution in [1.29, 1.82) is 0 Å². The Morgan fingerprint density at radius 3 is 2.71 bits per heavy atom. The van der Waals surface area contributed by atoms with Gasteiger partial charge in [-0.05, 0) is 51.1 Å². The zero-order chi connectivity index (χ0) is 15.2. The molecule has 0 radical (unpaired) electrons. The van der Waals surface area contributed by atoms with Crippen LogP contribution in [-0.4, -0.2) is 18.1 Å². The van der Waals surface area contributed by atoms with E-state index in [4.69, 9.17) is 9.40 Å². The minimum absolute atomic E-state index is 0.749. The molecule has 114 valence electrons. The average molecular weight is 287 g/mol. The van der Waals surface area contributed by atoms with E-state index >= 15 is 0 Å². The predicted octanol–water partition coefficient (Wildman–Crippen LogP) is 3.43. The Kier molecular flexibility index (Phi) is 5.39. The van der Waals surface area contributed by atoms with Crippen molar-refractivity contribution in [3.05, 3.63) is 47.0 Å². The molecule has 0 fully saturated rings. The first kappa shape index (κ1) is 15.6. The Labute approximate surface area is 127 Å². The number of hydrogen-bond donors (Lipinski definition) is 1. The van der Waals surface area contributed by atoms with Gasteiger partial charge < -0.3 is 14.6 Å². The highest BCUT2D eigenvalue weighted by atomic mass is 16.3. The van der Waals surface area contributed by atoms with E-state index in [1.807, 2.05) is 19.1 Å². The van der Waals surface area contributed by atoms with Crippen LogP contribution in [0.2, 0.25) is 0 Å². The Morgan fingerprint density at radius 2 is 2.10 bits per heavy atom. The zero-order valence-corrected chi connectivity index (χ0v) is 13.4. The molecular weight excluding hydrogens is 262 g/mol. The van der Waals surface area contributed by atoms with Crippen molar-refractivity contribution in [3.63, 3.8) is 0 Å². The third-order valence-electron chi connectivity index (χ3n) is 3.61. The number of anilines is 1. The van der Waals surface area contributed by atoms with Crippen LogP contribution in [0.3, 0.4) is 0 Å². The summed E-state index contributed by atoms with van der Waals surface area (Å²) in [5, 5.41) is 3.41. The molecule has 0 spiro atoms. The summed E-state index contributed by atoms with van der Waals surface area (Å²) in [7, 11) is 0. The molecule has 4 nitrogen and oxygen atoms in total. The minimum atomic E-state index is 0.749. The van der Waals surface area contributed by atoms with Gasteiger partial charge in [-0.15, -0.1) is 0 Å². The number of nitrogens with zero attached hydrogens (tertiary/aromatic N) is 2. The van der Waals surface area contributed by atoms with Gasteiger partial charge in [0.25, 0.3) is 0 Å². The van der Waals surface area contributed by atoms with Crippen LogP contribution < -0.4 is 10.2 Å². The van der Waals surface area contributed by atoms with Gasteiger partial charge in [0.2, 0.25) is 0 Å². The maximum atomic E-state index is 5.48. The second-order valence-corrected chi connectivity index (χ2v) is 5.26. The lowest BCUT2D eigenvalue weighted by Crippen LogP contribution is -2.26. The van der Waals surface area contributed by atoms with Crippen LogP contribution in [0.15, 0.2) is 28.9 Å². The molecule has 0 aliphatic rings. The molecular formula is C17H25N3O. The number of nitrogens with one attached hydrogen (secondary N) is 1. The second kappa shape index (κ2) is 7.27. The van der Waals surface area contributed by atoms with Crippen molar-refractivity contribution in [2.24, 2.45) is 0 Å². The largest absolute Gasteiger partial charge is 0.467 e. The fourth-order valence-corrected chi connectivity index (χ4v) is 2.50. The molecule has 2 aromatic rings. The van der Waals surface area contributed by atoms with Gasteiger partial charge >= 0.3 is 0 Å². The quantitative estimate of drug-likeness (QED) is 0.847. The first-order valence-corrected chi connectivity index (χ1v) is 7.60. The van der Waals surface area contributed by atoms with Gasteiger partial charge in [-0.1, -0.05) is 6.92 Å². The highest BCUT2D eigenvalue weighted by molar-refractivity contribution is 5.51. The lowest BCUT2D eigenvalue weighted by atomic mass is 10.1. The minimum Gasteiger partial charge on any atom is -0.467 e. The van der Waals surface area contributed by atoms with Gasteiger partial charge in [-0.2, -0.15) is 0 Å². The fraction of sp³-hybridized carbons (Fsp3) is 0.471. The van der Waals surface area contributed by atoms with Crippen molar-refractivity contribution in [1.82, 2.24) is 10.3 Å². The molecule has 0 amide bonds. The van der Waals surface area contributed by atoms with Crippen LogP contribution in [0.1, 0.15) is 36.4 Å². The molecule has 21 heavy (non-hydrogen) atoms. The highest BCUT2D eigenvalue weighted by Crippen LogP contribution is 2.24. The lowest BCUT2D eigenvalue weighted by Gasteiger charge is -2.25. The summed E-state index contributed by atoms with van der Waals surface area (Å²) in [5.74, 6) is 2.03. The third kappa shape index (κ3) is 3.85. The summed E-state index contributed by atoms with van der Waals surface area (Å²) < 4.78 is 5.48. The van der Waals surface area contributed by atoms with Crippen LogP contribution in [0, 0.1) is 13.8 Å². The van der Waals surface area contributed by atoms with Crippen LogP contribution >= 0.6 is 0 Å². The van der Waals surface area contributed by atoms with Crippen LogP contribution in [-0.2, 0) is 13.1 Å². The van der Waals surface area contributed by atoms with E-state index in [-0.39, 0.29) is 0 Å². The van der Waals surface area contributed by atoms with E-state index in [0.29, 0.717) is 0 Å². The van der Waals surface area contributed by atoms with Crippen LogP contribution in [0.4, 0.5) is 5.82 Å². The number of pyridine rings is 1. The topological polar surface area (TPSA) is 41.3 Å². The molecule has 0 atom stereocenters. The van der Waals surface area contributed by atoms with Gasteiger partial charge in [0.1, 0.15) is 11.6 Å². The van der Waals surface area contributed by atoms with Crippen molar-refractivity contribution >= 4 is 5.82 Å². The molecule has 0 aliphatic heterocycles. The lowest BCUT2D eigenvalue weighted by molar-refractivity contribution is 0.502. The van der Waals surface area contributed by atoms with E-state index in [1.165, 1.54) is 11.1 Å². The van der Waals surface area contributed by atoms with Crippen LogP contribution in [0.5, 0.6) is 0 Å². The average Bonchev–Trinajstić information content (AvgIpc) is 2.96. The summed E-state index contributed by atoms with van der Waals surface area (Å²) in [5.41, 5.74) is 3.62. The molecule has 0 saturated carbocycles. The maximum absolute atomic E-state index is 5.48. The normalized spacial score (nSPS) is 10.9. The smallest absolute Gasteiger partial charge is 0.134 e. The molecule has 2 heterocycles. The third-order valence-corrected chi connectivity index (χ3v) is 3.61. The molecule has 1 N–H and O–H groups in total. The summed E-state index contributed by atoms with van der Waals surface area (Å²) in [6, 6.07) is 6.09. The summed E-state index contributed by atoms with van der Waals surface area (Å²) in [6.07, 6.45) is 1.72. The molecule has 0 unspecified atom stereocenters. The van der Waals surface area contributed by atoms with E-state index in [9.17, 15) is 0 Å². The molecule has 4 heteroatoms. The van der Waals surface area contributed by atoms with Gasteiger partial charge in [-0.3, -0.25) is 0 Å². The Balaban J connectivity index is 2.33. The van der Waals surface area contributed by atoms with Crippen molar-refractivity contribution in [3.8, 4) is 0 Å². The number of aromatic nitrogens is 1. The highest BCUT2D eigenvalue weighted by Gasteiger charge is 2.15. The Hall–Kier alpha value is -1.81. The van der Waals surface area contributed by atoms with E-state index in [2.05, 4.69) is 37.1 Å². The second-order valence-electron chi connectivity index (χ2n) is 5.26. The molecule has 2 aromatic heterocycles. The van der Waals surface area contributed by atoms with Gasteiger partial charge in [0, 0.05) is 24.3 Å². The fourth-order valence-electron chi connectivity index (χ4n) is 2.50. The van der Waals surface area contributed by atoms with Crippen molar-refractivity contribution < 1.29 is 4.42 Å². The molecule has 0 aliphatic carbocycles. The van der Waals surface area contributed by atoms with E-state index in [0.717, 1.165) is 43.5 Å². The molecule has 0 aromatic carbocycles. The number of rotatable bonds is 7. The number of hydrogen-bond acceptors (Lipinski definition) is 4. The standard InChI is InChI=1S/C17H25N3O/c1-5-18-11-16-13(3)10-14(4)19-17(16)20(6-2)12-15-8-7-9-21-15/h7-10,18H,5-6,11-12H2,1-4H3. The van der Waals surface area contributed by atoms with Crippen LogP contribution in [0.25, 0.3) is 0 Å². The number of furan rings is 1. The monoisotopic (exact) mass is 287 g/mol. The van der Waals surface area contributed by atoms with Gasteiger partial charge in [0.15, 0.2) is 0 Å². The van der Waals surface area contributed by atoms with Gasteiger partial charge in [0.05, 0.1) is 12.8 Å². The van der Waals surface area contributed by atoms with Crippen molar-refractivity contribution in [2.75, 3.05) is 18.0 Å². The SMILES string of the molecule is CCNCc1c(C)cc(C)nc1N(CC)Cc1ccco1. The maximum Gasteiger partial charge on any atom is 0.134 e. The first-order valence-electron chi connectivity index (χ1n) is 7.60. The Bertz CT molecular complexity index is 564. The molecule has 0 bridgehead atoms. The van der Waals surface area contributed by atoms with Gasteiger partial charge in [-0.25, -0.2) is 4.98 Å². The molecule has 0 saturated heterocycles. The zero-order valence-electron chi connectivity index (χ0n) is 13.4. The van der Waals surface area contributed by atoms with Crippen molar-refractivity contribution in [2.45, 2.75) is 40.8 Å². The summed E-state index contributed by atoms with van der Waals surface area (Å²) in [6.45, 7) is 11.9. The first-order chi connectivity index (χ1) is 10.2. The molecule has 2 rings (SSSR count). The summed E-state index contributed by atoms with van der Waals surface area (Å²) in [4.78, 5) is 7.05. The summed E-state index contributed by atoms with van der Waals surface area (Å²) >= 11 is 0. The number of aryl methyl sites for hydroxylation is 2. The predicted molar refractivity (Wildman–Crippen MR) is 86.5 cm³/mol. The Morgan fingerprint density at radius 1 is 1.29 bits per heavy atom.